The minimum atomic E-state index is 0.538. The first-order chi connectivity index (χ1) is 10.2. The fourth-order valence-corrected chi connectivity index (χ4v) is 5.24. The first kappa shape index (κ1) is 17.8. The van der Waals surface area contributed by atoms with Gasteiger partial charge in [-0.05, 0) is 47.8 Å². The summed E-state index contributed by atoms with van der Waals surface area (Å²) in [5.41, 5.74) is 5.69. The van der Waals surface area contributed by atoms with Gasteiger partial charge in [0.25, 0.3) is 0 Å². The van der Waals surface area contributed by atoms with E-state index in [0.717, 1.165) is 0 Å². The second kappa shape index (κ2) is 6.95. The quantitative estimate of drug-likeness (QED) is 0.650. The van der Waals surface area contributed by atoms with Gasteiger partial charge in [-0.3, -0.25) is 4.98 Å². The van der Waals surface area contributed by atoms with Crippen molar-refractivity contribution in [3.63, 3.8) is 0 Å². The highest BCUT2D eigenvalue weighted by molar-refractivity contribution is 7.99. The van der Waals surface area contributed by atoms with Crippen molar-refractivity contribution in [3.05, 3.63) is 28.6 Å². The van der Waals surface area contributed by atoms with Gasteiger partial charge in [-0.25, -0.2) is 0 Å². The maximum atomic E-state index is 5.05. The average molecular weight is 320 g/mol. The standard InChI is InChI=1S/C20H33NS/c1-11(2)17-9-13(5)21-20-15(7)14(6)16(8)22-10-18(12(3)4)19(17)20/h9,11-12,14-16,18H,10H2,1-8H3/t14-,15+,16-,18?/m0/s1. The van der Waals surface area contributed by atoms with E-state index in [1.54, 1.807) is 5.56 Å². The molecule has 4 atom stereocenters. The van der Waals surface area contributed by atoms with E-state index < -0.39 is 0 Å². The highest BCUT2D eigenvalue weighted by Crippen LogP contribution is 2.45. The van der Waals surface area contributed by atoms with E-state index in [1.165, 1.54) is 22.7 Å². The number of aryl methyl sites for hydroxylation is 1. The van der Waals surface area contributed by atoms with Crippen LogP contribution >= 0.6 is 11.8 Å². The van der Waals surface area contributed by atoms with Gasteiger partial charge in [-0.15, -0.1) is 0 Å². The molecule has 0 aromatic carbocycles. The van der Waals surface area contributed by atoms with E-state index in [9.17, 15) is 0 Å². The van der Waals surface area contributed by atoms with Gasteiger partial charge < -0.3 is 0 Å². The highest BCUT2D eigenvalue weighted by Gasteiger charge is 2.33. The van der Waals surface area contributed by atoms with Crippen LogP contribution in [0.5, 0.6) is 0 Å². The largest absolute Gasteiger partial charge is 0.258 e. The zero-order valence-corrected chi connectivity index (χ0v) is 16.4. The van der Waals surface area contributed by atoms with Crippen LogP contribution in [0.4, 0.5) is 0 Å². The van der Waals surface area contributed by atoms with Crippen molar-refractivity contribution in [1.29, 1.82) is 0 Å². The molecule has 0 amide bonds. The molecule has 2 heteroatoms. The van der Waals surface area contributed by atoms with Crippen molar-refractivity contribution in [2.24, 2.45) is 11.8 Å². The van der Waals surface area contributed by atoms with Gasteiger partial charge >= 0.3 is 0 Å². The summed E-state index contributed by atoms with van der Waals surface area (Å²) in [7, 11) is 0. The number of nitrogens with zero attached hydrogens (tertiary/aromatic N) is 1. The zero-order chi connectivity index (χ0) is 16.6. The Hall–Kier alpha value is -0.500. The summed E-state index contributed by atoms with van der Waals surface area (Å²) in [6, 6.07) is 2.34. The monoisotopic (exact) mass is 319 g/mol. The predicted octanol–water partition coefficient (Wildman–Crippen LogP) is 6.13. The third-order valence-corrected chi connectivity index (χ3v) is 7.05. The van der Waals surface area contributed by atoms with Crippen LogP contribution in [0.2, 0.25) is 0 Å². The average Bonchev–Trinajstić information content (AvgIpc) is 2.44. The topological polar surface area (TPSA) is 12.9 Å². The van der Waals surface area contributed by atoms with Crippen LogP contribution in [0.1, 0.15) is 88.7 Å². The molecule has 0 radical (unpaired) electrons. The lowest BCUT2D eigenvalue weighted by molar-refractivity contribution is 0.447. The molecule has 0 saturated carbocycles. The second-order valence-corrected chi connectivity index (χ2v) is 9.25. The zero-order valence-electron chi connectivity index (χ0n) is 15.6. The molecule has 0 fully saturated rings. The van der Waals surface area contributed by atoms with E-state index in [1.807, 2.05) is 0 Å². The smallest absolute Gasteiger partial charge is 0.0476 e. The Morgan fingerprint density at radius 1 is 1.14 bits per heavy atom. The summed E-state index contributed by atoms with van der Waals surface area (Å²) >= 11 is 2.16. The van der Waals surface area contributed by atoms with Crippen molar-refractivity contribution < 1.29 is 0 Å². The van der Waals surface area contributed by atoms with Crippen LogP contribution in [0.25, 0.3) is 0 Å². The van der Waals surface area contributed by atoms with Gasteiger partial charge in [0, 0.05) is 28.3 Å². The summed E-state index contributed by atoms with van der Waals surface area (Å²) in [5, 5.41) is 0.703. The van der Waals surface area contributed by atoms with Crippen molar-refractivity contribution in [1.82, 2.24) is 4.98 Å². The lowest BCUT2D eigenvalue weighted by Crippen LogP contribution is -2.27. The Morgan fingerprint density at radius 3 is 2.32 bits per heavy atom. The molecule has 0 spiro atoms. The van der Waals surface area contributed by atoms with Crippen molar-refractivity contribution >= 4 is 11.8 Å². The molecule has 0 N–H and O–H groups in total. The molecule has 2 rings (SSSR count). The molecule has 1 nitrogen and oxygen atoms in total. The van der Waals surface area contributed by atoms with Crippen LogP contribution in [-0.2, 0) is 0 Å². The van der Waals surface area contributed by atoms with E-state index in [4.69, 9.17) is 4.98 Å². The molecule has 0 aliphatic carbocycles. The fourth-order valence-electron chi connectivity index (χ4n) is 3.63. The minimum Gasteiger partial charge on any atom is -0.258 e. The number of thioether (sulfide) groups is 1. The van der Waals surface area contributed by atoms with Crippen molar-refractivity contribution in [2.75, 3.05) is 5.75 Å². The molecular weight excluding hydrogens is 286 g/mol. The number of hydrogen-bond acceptors (Lipinski definition) is 2. The molecule has 0 bridgehead atoms. The molecule has 0 saturated heterocycles. The Labute approximate surface area is 141 Å². The number of rotatable bonds is 2. The van der Waals surface area contributed by atoms with E-state index in [0.29, 0.717) is 34.8 Å². The van der Waals surface area contributed by atoms with E-state index in [-0.39, 0.29) is 0 Å². The Bertz CT molecular complexity index is 521. The first-order valence-corrected chi connectivity index (χ1v) is 9.91. The number of fused-ring (bicyclic) bond motifs is 1. The number of aromatic nitrogens is 1. The number of hydrogen-bond donors (Lipinski definition) is 0. The third-order valence-electron chi connectivity index (χ3n) is 5.54. The van der Waals surface area contributed by atoms with E-state index in [2.05, 4.69) is 73.2 Å². The molecule has 2 heterocycles. The van der Waals surface area contributed by atoms with Gasteiger partial charge in [-0.2, -0.15) is 11.8 Å². The van der Waals surface area contributed by atoms with Gasteiger partial charge in [0.05, 0.1) is 0 Å². The summed E-state index contributed by atoms with van der Waals surface area (Å²) in [6.07, 6.45) is 0. The van der Waals surface area contributed by atoms with Crippen LogP contribution in [-0.4, -0.2) is 16.0 Å². The van der Waals surface area contributed by atoms with Gasteiger partial charge in [0.1, 0.15) is 0 Å². The summed E-state index contributed by atoms with van der Waals surface area (Å²) in [4.78, 5) is 5.05. The Morgan fingerprint density at radius 2 is 1.77 bits per heavy atom. The van der Waals surface area contributed by atoms with Crippen LogP contribution < -0.4 is 0 Å². The summed E-state index contributed by atoms with van der Waals surface area (Å²) in [5.74, 6) is 4.31. The normalized spacial score (nSPS) is 29.4. The lowest BCUT2D eigenvalue weighted by Gasteiger charge is -2.36. The maximum absolute atomic E-state index is 5.05. The fraction of sp³-hybridized carbons (Fsp3) is 0.750. The molecule has 124 valence electrons. The molecule has 1 unspecified atom stereocenters. The lowest BCUT2D eigenvalue weighted by atomic mass is 9.77. The molecule has 22 heavy (non-hydrogen) atoms. The Balaban J connectivity index is 2.70. The Kier molecular flexibility index (Phi) is 5.63. The van der Waals surface area contributed by atoms with Gasteiger partial charge in [0.2, 0.25) is 0 Å². The molecule has 1 aliphatic heterocycles. The van der Waals surface area contributed by atoms with Crippen LogP contribution in [0, 0.1) is 18.8 Å². The minimum absolute atomic E-state index is 0.538. The SMILES string of the molecule is Cc1cc(C(C)C)c2c(n1)[C@H](C)[C@H](C)[C@H](C)SCC2C(C)C. The molecule has 1 aromatic rings. The van der Waals surface area contributed by atoms with Gasteiger partial charge in [-0.1, -0.05) is 48.5 Å². The number of pyridine rings is 1. The summed E-state index contributed by atoms with van der Waals surface area (Å²) < 4.78 is 0. The van der Waals surface area contributed by atoms with Crippen LogP contribution in [0.3, 0.4) is 0 Å². The third kappa shape index (κ3) is 3.37. The van der Waals surface area contributed by atoms with Crippen molar-refractivity contribution in [2.45, 2.75) is 78.4 Å². The summed E-state index contributed by atoms with van der Waals surface area (Å²) in [6.45, 7) is 18.8. The maximum Gasteiger partial charge on any atom is 0.0476 e. The second-order valence-electron chi connectivity index (χ2n) is 7.84. The van der Waals surface area contributed by atoms with Crippen molar-refractivity contribution in [3.8, 4) is 0 Å². The van der Waals surface area contributed by atoms with Crippen LogP contribution in [0.15, 0.2) is 6.07 Å². The molecule has 1 aromatic heterocycles. The predicted molar refractivity (Wildman–Crippen MR) is 100 cm³/mol. The van der Waals surface area contributed by atoms with Gasteiger partial charge in [0.15, 0.2) is 0 Å². The molecule has 1 aliphatic rings. The van der Waals surface area contributed by atoms with E-state index >= 15 is 0 Å². The first-order valence-electron chi connectivity index (χ1n) is 8.86. The molecular formula is C20H33NS. The highest BCUT2D eigenvalue weighted by atomic mass is 32.2.